The van der Waals surface area contributed by atoms with Crippen molar-refractivity contribution in [2.75, 3.05) is 5.75 Å². The molecule has 76 valence electrons. The smallest absolute Gasteiger partial charge is 0.239 e. The number of carbonyl (C=O) groups excluding carboxylic acids is 2. The fourth-order valence-corrected chi connectivity index (χ4v) is 1.21. The van der Waals surface area contributed by atoms with E-state index in [1.807, 2.05) is 0 Å². The SMILES string of the molecule is CC(=O)NC(CCCCS)C(N)=O. The molecule has 1 atom stereocenters. The minimum atomic E-state index is -0.530. The highest BCUT2D eigenvalue weighted by molar-refractivity contribution is 7.80. The molecule has 4 nitrogen and oxygen atoms in total. The minimum Gasteiger partial charge on any atom is -0.368 e. The average Bonchev–Trinajstić information content (AvgIpc) is 2.02. The molecule has 1 unspecified atom stereocenters. The third-order valence-corrected chi connectivity index (χ3v) is 1.94. The van der Waals surface area contributed by atoms with Gasteiger partial charge in [-0.25, -0.2) is 0 Å². The Kier molecular flexibility index (Phi) is 6.40. The Labute approximate surface area is 83.7 Å². The van der Waals surface area contributed by atoms with Crippen LogP contribution in [0.3, 0.4) is 0 Å². The zero-order valence-electron chi connectivity index (χ0n) is 7.75. The number of carbonyl (C=O) groups is 2. The van der Waals surface area contributed by atoms with E-state index in [9.17, 15) is 9.59 Å². The molecule has 3 N–H and O–H groups in total. The first-order valence-electron chi connectivity index (χ1n) is 4.25. The van der Waals surface area contributed by atoms with E-state index in [0.717, 1.165) is 18.6 Å². The van der Waals surface area contributed by atoms with Crippen molar-refractivity contribution in [1.29, 1.82) is 0 Å². The number of hydrogen-bond acceptors (Lipinski definition) is 3. The Balaban J connectivity index is 3.81. The molecule has 0 aliphatic rings. The molecule has 0 aromatic carbocycles. The van der Waals surface area contributed by atoms with Gasteiger partial charge in [0.1, 0.15) is 6.04 Å². The van der Waals surface area contributed by atoms with Gasteiger partial charge < -0.3 is 11.1 Å². The lowest BCUT2D eigenvalue weighted by Crippen LogP contribution is -2.43. The largest absolute Gasteiger partial charge is 0.368 e. The predicted molar refractivity (Wildman–Crippen MR) is 54.5 cm³/mol. The lowest BCUT2D eigenvalue weighted by molar-refractivity contribution is -0.126. The molecule has 0 fully saturated rings. The van der Waals surface area contributed by atoms with Crippen molar-refractivity contribution in [3.8, 4) is 0 Å². The third-order valence-electron chi connectivity index (χ3n) is 1.62. The molecular formula is C8H16N2O2S. The van der Waals surface area contributed by atoms with E-state index < -0.39 is 11.9 Å². The zero-order chi connectivity index (χ0) is 10.3. The number of primary amides is 1. The molecule has 0 aromatic heterocycles. The van der Waals surface area contributed by atoms with Crippen LogP contribution in [0.15, 0.2) is 0 Å². The molecule has 0 spiro atoms. The number of amides is 2. The number of thiol groups is 1. The summed E-state index contributed by atoms with van der Waals surface area (Å²) in [4.78, 5) is 21.5. The van der Waals surface area contributed by atoms with Gasteiger partial charge >= 0.3 is 0 Å². The molecule has 0 aliphatic carbocycles. The highest BCUT2D eigenvalue weighted by atomic mass is 32.1. The second kappa shape index (κ2) is 6.77. The summed E-state index contributed by atoms with van der Waals surface area (Å²) in [5.74, 6) is 0.0787. The van der Waals surface area contributed by atoms with E-state index in [1.165, 1.54) is 6.92 Å². The van der Waals surface area contributed by atoms with Gasteiger partial charge in [-0.2, -0.15) is 12.6 Å². The van der Waals surface area contributed by atoms with Gasteiger partial charge in [0, 0.05) is 6.92 Å². The van der Waals surface area contributed by atoms with Gasteiger partial charge in [0.2, 0.25) is 11.8 Å². The highest BCUT2D eigenvalue weighted by Crippen LogP contribution is 2.01. The van der Waals surface area contributed by atoms with Crippen LogP contribution in [0.25, 0.3) is 0 Å². The van der Waals surface area contributed by atoms with Gasteiger partial charge in [-0.15, -0.1) is 0 Å². The minimum absolute atomic E-state index is 0.227. The van der Waals surface area contributed by atoms with Crippen molar-refractivity contribution in [3.63, 3.8) is 0 Å². The molecule has 0 radical (unpaired) electrons. The summed E-state index contributed by atoms with van der Waals surface area (Å²) in [6.45, 7) is 1.37. The molecule has 13 heavy (non-hydrogen) atoms. The Morgan fingerprint density at radius 2 is 2.08 bits per heavy atom. The maximum atomic E-state index is 10.8. The lowest BCUT2D eigenvalue weighted by atomic mass is 10.1. The van der Waals surface area contributed by atoms with Crippen molar-refractivity contribution in [2.45, 2.75) is 32.2 Å². The number of unbranched alkanes of at least 4 members (excludes halogenated alkanes) is 1. The van der Waals surface area contributed by atoms with E-state index >= 15 is 0 Å². The Hall–Kier alpha value is -0.710. The van der Waals surface area contributed by atoms with Crippen LogP contribution >= 0.6 is 12.6 Å². The Morgan fingerprint density at radius 3 is 2.46 bits per heavy atom. The van der Waals surface area contributed by atoms with E-state index in [2.05, 4.69) is 17.9 Å². The summed E-state index contributed by atoms with van der Waals surface area (Å²) < 4.78 is 0. The van der Waals surface area contributed by atoms with Crippen LogP contribution in [-0.2, 0) is 9.59 Å². The monoisotopic (exact) mass is 204 g/mol. The second-order valence-corrected chi connectivity index (χ2v) is 3.32. The van der Waals surface area contributed by atoms with Gasteiger partial charge in [-0.05, 0) is 18.6 Å². The van der Waals surface area contributed by atoms with Gasteiger partial charge in [0.25, 0.3) is 0 Å². The summed E-state index contributed by atoms with van der Waals surface area (Å²) in [6, 6.07) is -0.530. The number of nitrogens with one attached hydrogen (secondary N) is 1. The maximum absolute atomic E-state index is 10.8. The van der Waals surface area contributed by atoms with Crippen LogP contribution in [0.2, 0.25) is 0 Å². The van der Waals surface area contributed by atoms with Crippen LogP contribution in [0.5, 0.6) is 0 Å². The van der Waals surface area contributed by atoms with E-state index in [0.29, 0.717) is 6.42 Å². The maximum Gasteiger partial charge on any atom is 0.239 e. The first-order valence-corrected chi connectivity index (χ1v) is 4.88. The molecule has 0 aromatic rings. The molecule has 0 rings (SSSR count). The predicted octanol–water partition coefficient (Wildman–Crippen LogP) is 0.0765. The van der Waals surface area contributed by atoms with Crippen LogP contribution in [-0.4, -0.2) is 23.6 Å². The molecule has 0 saturated carbocycles. The summed E-state index contributed by atoms with van der Waals surface area (Å²) in [7, 11) is 0. The van der Waals surface area contributed by atoms with Gasteiger partial charge in [0.15, 0.2) is 0 Å². The van der Waals surface area contributed by atoms with Crippen LogP contribution < -0.4 is 11.1 Å². The van der Waals surface area contributed by atoms with Crippen LogP contribution in [0.4, 0.5) is 0 Å². The fraction of sp³-hybridized carbons (Fsp3) is 0.750. The number of hydrogen-bond donors (Lipinski definition) is 3. The lowest BCUT2D eigenvalue weighted by Gasteiger charge is -2.13. The topological polar surface area (TPSA) is 72.2 Å². The summed E-state index contributed by atoms with van der Waals surface area (Å²) >= 11 is 4.04. The fourth-order valence-electron chi connectivity index (χ4n) is 0.991. The van der Waals surface area contributed by atoms with E-state index in [1.54, 1.807) is 0 Å². The zero-order valence-corrected chi connectivity index (χ0v) is 8.64. The molecule has 0 bridgehead atoms. The van der Waals surface area contributed by atoms with Crippen molar-refractivity contribution < 1.29 is 9.59 Å². The number of rotatable bonds is 6. The van der Waals surface area contributed by atoms with Gasteiger partial charge in [0.05, 0.1) is 0 Å². The van der Waals surface area contributed by atoms with Crippen molar-refractivity contribution >= 4 is 24.4 Å². The van der Waals surface area contributed by atoms with E-state index in [-0.39, 0.29) is 5.91 Å². The summed E-state index contributed by atoms with van der Waals surface area (Å²) in [5.41, 5.74) is 5.09. The molecule has 2 amide bonds. The highest BCUT2D eigenvalue weighted by Gasteiger charge is 2.14. The Bertz CT molecular complexity index is 185. The standard InChI is InChI=1S/C8H16N2O2S/c1-6(11)10-7(8(9)12)4-2-3-5-13/h7,13H,2-5H2,1H3,(H2,9,12)(H,10,11). The van der Waals surface area contributed by atoms with Crippen LogP contribution in [0, 0.1) is 0 Å². The molecule has 0 heterocycles. The number of nitrogens with two attached hydrogens (primary N) is 1. The molecule has 0 saturated heterocycles. The summed E-state index contributed by atoms with van der Waals surface area (Å²) in [5, 5.41) is 2.50. The normalized spacial score (nSPS) is 12.2. The van der Waals surface area contributed by atoms with Crippen molar-refractivity contribution in [2.24, 2.45) is 5.73 Å². The van der Waals surface area contributed by atoms with Crippen molar-refractivity contribution in [1.82, 2.24) is 5.32 Å². The van der Waals surface area contributed by atoms with Crippen molar-refractivity contribution in [3.05, 3.63) is 0 Å². The van der Waals surface area contributed by atoms with Gasteiger partial charge in [-0.1, -0.05) is 6.42 Å². The quantitative estimate of drug-likeness (QED) is 0.423. The Morgan fingerprint density at radius 1 is 1.46 bits per heavy atom. The van der Waals surface area contributed by atoms with E-state index in [4.69, 9.17) is 5.73 Å². The molecule has 5 heteroatoms. The first-order chi connectivity index (χ1) is 6.07. The van der Waals surface area contributed by atoms with Crippen LogP contribution in [0.1, 0.15) is 26.2 Å². The molecular weight excluding hydrogens is 188 g/mol. The molecule has 0 aliphatic heterocycles. The average molecular weight is 204 g/mol. The third kappa shape index (κ3) is 6.45. The second-order valence-electron chi connectivity index (χ2n) is 2.87. The van der Waals surface area contributed by atoms with Gasteiger partial charge in [-0.3, -0.25) is 9.59 Å². The summed E-state index contributed by atoms with van der Waals surface area (Å²) in [6.07, 6.45) is 2.36. The first kappa shape index (κ1) is 12.3.